The van der Waals surface area contributed by atoms with Gasteiger partial charge < -0.3 is 15.8 Å². The van der Waals surface area contributed by atoms with Crippen molar-refractivity contribution in [2.24, 2.45) is 0 Å². The third-order valence-electron chi connectivity index (χ3n) is 4.47. The smallest absolute Gasteiger partial charge is 0.222 e. The van der Waals surface area contributed by atoms with Gasteiger partial charge in [-0.3, -0.25) is 0 Å². The molecule has 0 fully saturated rings. The highest BCUT2D eigenvalue weighted by molar-refractivity contribution is 5.93. The zero-order valence-corrected chi connectivity index (χ0v) is 15.5. The number of nitrogen functional groups attached to an aromatic ring is 1. The van der Waals surface area contributed by atoms with Crippen LogP contribution in [0.5, 0.6) is 5.75 Å². The molecule has 0 aliphatic rings. The van der Waals surface area contributed by atoms with Crippen molar-refractivity contribution in [3.8, 4) is 5.75 Å². The third-order valence-corrected chi connectivity index (χ3v) is 4.47. The summed E-state index contributed by atoms with van der Waals surface area (Å²) in [5.74, 6) is 2.03. The molecule has 136 valence electrons. The van der Waals surface area contributed by atoms with Gasteiger partial charge in [0, 0.05) is 11.9 Å². The Bertz CT molecular complexity index is 879. The molecule has 3 aromatic rings. The number of aryl methyl sites for hydroxylation is 2. The number of hydrogen-bond donors (Lipinski definition) is 2. The van der Waals surface area contributed by atoms with Crippen LogP contribution in [0.25, 0.3) is 10.9 Å². The summed E-state index contributed by atoms with van der Waals surface area (Å²) in [5, 5.41) is 4.51. The zero-order valence-electron chi connectivity index (χ0n) is 15.5. The van der Waals surface area contributed by atoms with Crippen molar-refractivity contribution in [2.75, 3.05) is 24.7 Å². The molecule has 0 bridgehead atoms. The van der Waals surface area contributed by atoms with Crippen LogP contribution in [0.2, 0.25) is 0 Å². The largest absolute Gasteiger partial charge is 0.497 e. The van der Waals surface area contributed by atoms with E-state index in [1.807, 2.05) is 24.3 Å². The summed E-state index contributed by atoms with van der Waals surface area (Å²) in [6.45, 7) is 3.06. The van der Waals surface area contributed by atoms with E-state index in [0.29, 0.717) is 5.95 Å². The second-order valence-corrected chi connectivity index (χ2v) is 6.37. The van der Waals surface area contributed by atoms with Crippen LogP contribution in [-0.4, -0.2) is 23.6 Å². The number of hydrogen-bond acceptors (Lipinski definition) is 5. The molecule has 26 heavy (non-hydrogen) atoms. The molecule has 0 aliphatic heterocycles. The standard InChI is InChI=1S/C21H26N4O/c1-3-4-13-23-20-19-16(8-6-10-18(19)24-21(22)25-20)12-11-15-7-5-9-17(14-15)26-2/h5-10,14H,3-4,11-13H2,1-2H3,(H3,22,23,24,25). The number of nitrogens with one attached hydrogen (secondary N) is 1. The van der Waals surface area contributed by atoms with Crippen LogP contribution in [0.15, 0.2) is 42.5 Å². The van der Waals surface area contributed by atoms with Crippen LogP contribution in [0, 0.1) is 0 Å². The van der Waals surface area contributed by atoms with E-state index in [2.05, 4.69) is 40.4 Å². The molecule has 2 aromatic carbocycles. The molecule has 0 unspecified atom stereocenters. The molecule has 3 N–H and O–H groups in total. The van der Waals surface area contributed by atoms with Crippen LogP contribution >= 0.6 is 0 Å². The molecular weight excluding hydrogens is 324 g/mol. The molecule has 0 radical (unpaired) electrons. The van der Waals surface area contributed by atoms with Crippen molar-refractivity contribution in [1.29, 1.82) is 0 Å². The molecule has 1 aromatic heterocycles. The van der Waals surface area contributed by atoms with Crippen molar-refractivity contribution in [1.82, 2.24) is 9.97 Å². The van der Waals surface area contributed by atoms with E-state index in [1.165, 1.54) is 11.1 Å². The fraction of sp³-hybridized carbons (Fsp3) is 0.333. The predicted molar refractivity (Wildman–Crippen MR) is 108 cm³/mol. The number of anilines is 2. The van der Waals surface area contributed by atoms with Crippen molar-refractivity contribution in [3.63, 3.8) is 0 Å². The summed E-state index contributed by atoms with van der Waals surface area (Å²) in [6, 6.07) is 14.4. The van der Waals surface area contributed by atoms with E-state index in [9.17, 15) is 0 Å². The van der Waals surface area contributed by atoms with E-state index in [0.717, 1.165) is 54.7 Å². The molecule has 5 nitrogen and oxygen atoms in total. The quantitative estimate of drug-likeness (QED) is 0.595. The highest BCUT2D eigenvalue weighted by Gasteiger charge is 2.11. The zero-order chi connectivity index (χ0) is 18.4. The van der Waals surface area contributed by atoms with Crippen LogP contribution in [-0.2, 0) is 12.8 Å². The topological polar surface area (TPSA) is 73.1 Å². The number of aromatic nitrogens is 2. The van der Waals surface area contributed by atoms with Gasteiger partial charge in [0.2, 0.25) is 5.95 Å². The molecule has 3 rings (SSSR count). The summed E-state index contributed by atoms with van der Waals surface area (Å²) < 4.78 is 5.32. The van der Waals surface area contributed by atoms with Gasteiger partial charge in [-0.15, -0.1) is 0 Å². The van der Waals surface area contributed by atoms with Gasteiger partial charge in [-0.25, -0.2) is 4.98 Å². The Hall–Kier alpha value is -2.82. The number of benzene rings is 2. The lowest BCUT2D eigenvalue weighted by atomic mass is 10.0. The number of fused-ring (bicyclic) bond motifs is 1. The van der Waals surface area contributed by atoms with E-state index < -0.39 is 0 Å². The summed E-state index contributed by atoms with van der Waals surface area (Å²) in [5.41, 5.74) is 9.26. The number of nitrogens with two attached hydrogens (primary N) is 1. The number of rotatable bonds is 8. The first-order chi connectivity index (χ1) is 12.7. The maximum absolute atomic E-state index is 5.90. The molecule has 0 amide bonds. The summed E-state index contributed by atoms with van der Waals surface area (Å²) in [4.78, 5) is 8.87. The first-order valence-corrected chi connectivity index (χ1v) is 9.13. The SMILES string of the molecule is CCCCNc1nc(N)nc2cccc(CCc3cccc(OC)c3)c12. The Morgan fingerprint density at radius 3 is 2.73 bits per heavy atom. The van der Waals surface area contributed by atoms with Crippen molar-refractivity contribution in [2.45, 2.75) is 32.6 Å². The Labute approximate surface area is 154 Å². The maximum atomic E-state index is 5.90. The highest BCUT2D eigenvalue weighted by Crippen LogP contribution is 2.27. The highest BCUT2D eigenvalue weighted by atomic mass is 16.5. The number of methoxy groups -OCH3 is 1. The Kier molecular flexibility index (Phi) is 5.89. The number of ether oxygens (including phenoxy) is 1. The first kappa shape index (κ1) is 18.0. The van der Waals surface area contributed by atoms with E-state index in [1.54, 1.807) is 7.11 Å². The molecule has 5 heteroatoms. The fourth-order valence-electron chi connectivity index (χ4n) is 3.10. The Morgan fingerprint density at radius 1 is 1.08 bits per heavy atom. The van der Waals surface area contributed by atoms with Crippen molar-refractivity contribution >= 4 is 22.7 Å². The van der Waals surface area contributed by atoms with Gasteiger partial charge >= 0.3 is 0 Å². The van der Waals surface area contributed by atoms with Gasteiger partial charge in [0.05, 0.1) is 12.6 Å². The third kappa shape index (κ3) is 4.23. The monoisotopic (exact) mass is 350 g/mol. The van der Waals surface area contributed by atoms with Crippen molar-refractivity contribution < 1.29 is 4.74 Å². The normalized spacial score (nSPS) is 10.8. The number of nitrogens with zero attached hydrogens (tertiary/aromatic N) is 2. The lowest BCUT2D eigenvalue weighted by Gasteiger charge is -2.13. The lowest BCUT2D eigenvalue weighted by Crippen LogP contribution is -2.08. The van der Waals surface area contributed by atoms with Crippen LogP contribution < -0.4 is 15.8 Å². The number of unbranched alkanes of at least 4 members (excludes halogenated alkanes) is 1. The molecule has 0 atom stereocenters. The molecule has 0 aliphatic carbocycles. The first-order valence-electron chi connectivity index (χ1n) is 9.13. The van der Waals surface area contributed by atoms with Gasteiger partial charge in [0.15, 0.2) is 0 Å². The second-order valence-electron chi connectivity index (χ2n) is 6.37. The van der Waals surface area contributed by atoms with Crippen LogP contribution in [0.1, 0.15) is 30.9 Å². The minimum absolute atomic E-state index is 0.307. The van der Waals surface area contributed by atoms with E-state index in [4.69, 9.17) is 10.5 Å². The molecule has 0 saturated carbocycles. The summed E-state index contributed by atoms with van der Waals surface area (Å²) in [7, 11) is 1.69. The van der Waals surface area contributed by atoms with Gasteiger partial charge in [-0.2, -0.15) is 4.98 Å². The van der Waals surface area contributed by atoms with Crippen molar-refractivity contribution in [3.05, 3.63) is 53.6 Å². The average molecular weight is 350 g/mol. The molecule has 0 spiro atoms. The van der Waals surface area contributed by atoms with Gasteiger partial charge in [0.25, 0.3) is 0 Å². The summed E-state index contributed by atoms with van der Waals surface area (Å²) >= 11 is 0. The predicted octanol–water partition coefficient (Wildman–Crippen LogP) is 4.22. The Morgan fingerprint density at radius 2 is 1.92 bits per heavy atom. The van der Waals surface area contributed by atoms with E-state index >= 15 is 0 Å². The molecule has 0 saturated heterocycles. The summed E-state index contributed by atoms with van der Waals surface area (Å²) in [6.07, 6.45) is 4.06. The average Bonchev–Trinajstić information content (AvgIpc) is 2.66. The van der Waals surface area contributed by atoms with Gasteiger partial charge in [0.1, 0.15) is 11.6 Å². The Balaban J connectivity index is 1.89. The molecular formula is C21H26N4O. The van der Waals surface area contributed by atoms with Gasteiger partial charge in [-0.05, 0) is 48.6 Å². The van der Waals surface area contributed by atoms with Crippen LogP contribution in [0.4, 0.5) is 11.8 Å². The molecule has 1 heterocycles. The van der Waals surface area contributed by atoms with E-state index in [-0.39, 0.29) is 0 Å². The fourth-order valence-corrected chi connectivity index (χ4v) is 3.10. The second kappa shape index (κ2) is 8.52. The minimum atomic E-state index is 0.307. The minimum Gasteiger partial charge on any atom is -0.497 e. The maximum Gasteiger partial charge on any atom is 0.222 e. The lowest BCUT2D eigenvalue weighted by molar-refractivity contribution is 0.414. The van der Waals surface area contributed by atoms with Crippen LogP contribution in [0.3, 0.4) is 0 Å². The van der Waals surface area contributed by atoms with Gasteiger partial charge in [-0.1, -0.05) is 37.6 Å².